The van der Waals surface area contributed by atoms with Crippen molar-refractivity contribution in [3.05, 3.63) is 39.6 Å². The number of aliphatic hydroxyl groups excluding tert-OH is 1. The van der Waals surface area contributed by atoms with Crippen LogP contribution in [0, 0.1) is 13.8 Å². The highest BCUT2D eigenvalue weighted by Crippen LogP contribution is 2.26. The number of nitrogens with zero attached hydrogens (tertiary/aromatic N) is 1. The number of aryl methyl sites for hydroxylation is 2. The van der Waals surface area contributed by atoms with E-state index in [9.17, 15) is 0 Å². The van der Waals surface area contributed by atoms with E-state index in [0.29, 0.717) is 0 Å². The first-order valence-electron chi connectivity index (χ1n) is 5.03. The van der Waals surface area contributed by atoms with E-state index in [-0.39, 0.29) is 6.61 Å². The molecule has 2 rings (SSSR count). The number of H-pyrrole nitrogens is 1. The van der Waals surface area contributed by atoms with Gasteiger partial charge in [-0.2, -0.15) is 0 Å². The van der Waals surface area contributed by atoms with Gasteiger partial charge >= 0.3 is 0 Å². The summed E-state index contributed by atoms with van der Waals surface area (Å²) in [5.41, 5.74) is 4.13. The maximum atomic E-state index is 8.97. The lowest BCUT2D eigenvalue weighted by atomic mass is 10.1. The standard InChI is InChI=1S/C12H13BrN2O/c1-7-3-9(4-8(2)11(7)13)12-14-5-10(6-16)15-12/h3-5,16H,6H2,1-2H3,(H,14,15). The fourth-order valence-electron chi connectivity index (χ4n) is 1.67. The number of imidazole rings is 1. The molecule has 0 fully saturated rings. The predicted octanol–water partition coefficient (Wildman–Crippen LogP) is 2.95. The minimum atomic E-state index is -0.0124. The first-order valence-corrected chi connectivity index (χ1v) is 5.83. The lowest BCUT2D eigenvalue weighted by Crippen LogP contribution is -1.88. The molecule has 0 bridgehead atoms. The minimum Gasteiger partial charge on any atom is -0.390 e. The number of benzene rings is 1. The van der Waals surface area contributed by atoms with Gasteiger partial charge in [0.25, 0.3) is 0 Å². The lowest BCUT2D eigenvalue weighted by molar-refractivity contribution is 0.277. The highest BCUT2D eigenvalue weighted by Gasteiger charge is 2.07. The molecule has 0 aliphatic carbocycles. The molecule has 16 heavy (non-hydrogen) atoms. The van der Waals surface area contributed by atoms with Crippen molar-refractivity contribution in [2.24, 2.45) is 0 Å². The Balaban J connectivity index is 2.48. The minimum absolute atomic E-state index is 0.0124. The summed E-state index contributed by atoms with van der Waals surface area (Å²) >= 11 is 3.53. The zero-order valence-corrected chi connectivity index (χ0v) is 10.8. The van der Waals surface area contributed by atoms with E-state index in [1.807, 2.05) is 0 Å². The Bertz CT molecular complexity index is 496. The third-order valence-electron chi connectivity index (χ3n) is 2.51. The predicted molar refractivity (Wildman–Crippen MR) is 67.1 cm³/mol. The molecule has 0 aliphatic rings. The van der Waals surface area contributed by atoms with Crippen LogP contribution in [-0.4, -0.2) is 15.1 Å². The number of aromatic nitrogens is 2. The second kappa shape index (κ2) is 4.39. The average molecular weight is 281 g/mol. The van der Waals surface area contributed by atoms with Crippen molar-refractivity contribution in [3.8, 4) is 11.4 Å². The summed E-state index contributed by atoms with van der Waals surface area (Å²) in [6.07, 6.45) is 1.65. The quantitative estimate of drug-likeness (QED) is 0.889. The third-order valence-corrected chi connectivity index (χ3v) is 3.76. The van der Waals surface area contributed by atoms with E-state index in [2.05, 4.69) is 51.9 Å². The summed E-state index contributed by atoms with van der Waals surface area (Å²) < 4.78 is 1.13. The fourth-order valence-corrected chi connectivity index (χ4v) is 1.90. The van der Waals surface area contributed by atoms with Gasteiger partial charge in [0.1, 0.15) is 5.82 Å². The van der Waals surface area contributed by atoms with Crippen molar-refractivity contribution in [1.29, 1.82) is 0 Å². The molecule has 0 atom stereocenters. The number of hydrogen-bond donors (Lipinski definition) is 2. The number of nitrogens with one attached hydrogen (secondary N) is 1. The van der Waals surface area contributed by atoms with Crippen molar-refractivity contribution >= 4 is 15.9 Å². The van der Waals surface area contributed by atoms with Gasteiger partial charge in [0, 0.05) is 10.0 Å². The summed E-state index contributed by atoms with van der Waals surface area (Å²) in [5, 5.41) is 8.97. The number of aliphatic hydroxyl groups is 1. The number of aromatic amines is 1. The Hall–Kier alpha value is -1.13. The monoisotopic (exact) mass is 280 g/mol. The maximum absolute atomic E-state index is 8.97. The van der Waals surface area contributed by atoms with E-state index in [0.717, 1.165) is 21.6 Å². The van der Waals surface area contributed by atoms with Crippen molar-refractivity contribution in [1.82, 2.24) is 9.97 Å². The number of hydrogen-bond acceptors (Lipinski definition) is 2. The second-order valence-corrected chi connectivity index (χ2v) is 4.63. The molecular formula is C12H13BrN2O. The summed E-state index contributed by atoms with van der Waals surface area (Å²) in [6.45, 7) is 4.09. The van der Waals surface area contributed by atoms with E-state index in [4.69, 9.17) is 5.11 Å². The topological polar surface area (TPSA) is 48.9 Å². The Kier molecular flexibility index (Phi) is 3.12. The van der Waals surface area contributed by atoms with Gasteiger partial charge in [0.2, 0.25) is 0 Å². The Morgan fingerprint density at radius 1 is 1.31 bits per heavy atom. The van der Waals surface area contributed by atoms with Crippen LogP contribution < -0.4 is 0 Å². The van der Waals surface area contributed by atoms with E-state index >= 15 is 0 Å². The Morgan fingerprint density at radius 3 is 2.44 bits per heavy atom. The van der Waals surface area contributed by atoms with Crippen molar-refractivity contribution < 1.29 is 5.11 Å². The molecule has 0 spiro atoms. The van der Waals surface area contributed by atoms with Gasteiger partial charge in [-0.3, -0.25) is 0 Å². The van der Waals surface area contributed by atoms with Crippen LogP contribution in [0.2, 0.25) is 0 Å². The molecule has 1 aromatic heterocycles. The van der Waals surface area contributed by atoms with Crippen molar-refractivity contribution in [3.63, 3.8) is 0 Å². The van der Waals surface area contributed by atoms with Gasteiger partial charge in [-0.05, 0) is 37.1 Å². The average Bonchev–Trinajstić information content (AvgIpc) is 2.73. The zero-order valence-electron chi connectivity index (χ0n) is 9.21. The fraction of sp³-hybridized carbons (Fsp3) is 0.250. The van der Waals surface area contributed by atoms with Gasteiger partial charge in [-0.15, -0.1) is 0 Å². The smallest absolute Gasteiger partial charge is 0.137 e. The van der Waals surface area contributed by atoms with Crippen LogP contribution in [0.4, 0.5) is 0 Å². The highest BCUT2D eigenvalue weighted by molar-refractivity contribution is 9.10. The molecule has 2 N–H and O–H groups in total. The molecule has 0 unspecified atom stereocenters. The van der Waals surface area contributed by atoms with E-state index < -0.39 is 0 Å². The van der Waals surface area contributed by atoms with Gasteiger partial charge in [-0.25, -0.2) is 4.98 Å². The largest absolute Gasteiger partial charge is 0.390 e. The Morgan fingerprint density at radius 2 is 1.94 bits per heavy atom. The van der Waals surface area contributed by atoms with Crippen molar-refractivity contribution in [2.45, 2.75) is 20.5 Å². The molecule has 1 heterocycles. The van der Waals surface area contributed by atoms with Crippen LogP contribution in [0.5, 0.6) is 0 Å². The molecule has 0 saturated heterocycles. The van der Waals surface area contributed by atoms with E-state index in [1.54, 1.807) is 6.20 Å². The first-order chi connectivity index (χ1) is 7.61. The van der Waals surface area contributed by atoms with Crippen LogP contribution in [0.1, 0.15) is 16.8 Å². The van der Waals surface area contributed by atoms with Crippen LogP contribution in [0.3, 0.4) is 0 Å². The number of rotatable bonds is 2. The summed E-state index contributed by atoms with van der Waals surface area (Å²) in [7, 11) is 0. The number of halogens is 1. The molecule has 0 amide bonds. The SMILES string of the molecule is Cc1cc(-c2ncc(CO)[nH]2)cc(C)c1Br. The molecular weight excluding hydrogens is 268 g/mol. The molecule has 1 aromatic carbocycles. The van der Waals surface area contributed by atoms with Crippen LogP contribution in [0.15, 0.2) is 22.8 Å². The van der Waals surface area contributed by atoms with Crippen LogP contribution >= 0.6 is 15.9 Å². The van der Waals surface area contributed by atoms with Gasteiger partial charge in [0.15, 0.2) is 0 Å². The van der Waals surface area contributed by atoms with Crippen LogP contribution in [0.25, 0.3) is 11.4 Å². The molecule has 0 radical (unpaired) electrons. The normalized spacial score (nSPS) is 10.8. The zero-order chi connectivity index (χ0) is 11.7. The summed E-state index contributed by atoms with van der Waals surface area (Å²) in [6, 6.07) is 4.13. The third kappa shape index (κ3) is 2.03. The summed E-state index contributed by atoms with van der Waals surface area (Å²) in [4.78, 5) is 7.31. The first kappa shape index (κ1) is 11.4. The molecule has 4 heteroatoms. The Labute approximate surface area is 103 Å². The maximum Gasteiger partial charge on any atom is 0.137 e. The molecule has 84 valence electrons. The summed E-state index contributed by atoms with van der Waals surface area (Å²) in [5.74, 6) is 0.794. The van der Waals surface area contributed by atoms with Gasteiger partial charge < -0.3 is 10.1 Å². The molecule has 2 aromatic rings. The molecule has 0 saturated carbocycles. The van der Waals surface area contributed by atoms with Gasteiger partial charge in [0.05, 0.1) is 18.5 Å². The molecule has 3 nitrogen and oxygen atoms in total. The van der Waals surface area contributed by atoms with Crippen LogP contribution in [-0.2, 0) is 6.61 Å². The second-order valence-electron chi connectivity index (χ2n) is 3.84. The van der Waals surface area contributed by atoms with E-state index in [1.165, 1.54) is 11.1 Å². The highest BCUT2D eigenvalue weighted by atomic mass is 79.9. The van der Waals surface area contributed by atoms with Gasteiger partial charge in [-0.1, -0.05) is 15.9 Å². The molecule has 0 aliphatic heterocycles. The van der Waals surface area contributed by atoms with Crippen molar-refractivity contribution in [2.75, 3.05) is 0 Å². The lowest BCUT2D eigenvalue weighted by Gasteiger charge is -2.05.